The minimum absolute atomic E-state index is 0.00370. The minimum atomic E-state index is -0.567. The fourth-order valence-corrected chi connectivity index (χ4v) is 2.24. The number of hydrogen-bond donors (Lipinski definition) is 1. The standard InChI is InChI=1S/C13H15N3O3/c1-3-10(8(2)17)13-11-6-9(16(18)19)4-5-12(11)14-7-15-13/h4-8,10,17H,3H2,1-2H3. The number of benzene rings is 1. The van der Waals surface area contributed by atoms with Gasteiger partial charge >= 0.3 is 0 Å². The van der Waals surface area contributed by atoms with Crippen LogP contribution in [0.15, 0.2) is 24.5 Å². The molecule has 0 bridgehead atoms. The molecule has 2 rings (SSSR count). The highest BCUT2D eigenvalue weighted by Gasteiger charge is 2.20. The largest absolute Gasteiger partial charge is 0.393 e. The first-order valence-corrected chi connectivity index (χ1v) is 6.11. The number of hydrogen-bond acceptors (Lipinski definition) is 5. The molecule has 1 aromatic carbocycles. The zero-order valence-corrected chi connectivity index (χ0v) is 10.8. The molecule has 0 saturated carbocycles. The molecular formula is C13H15N3O3. The van der Waals surface area contributed by atoms with Crippen LogP contribution in [0.3, 0.4) is 0 Å². The second kappa shape index (κ2) is 5.27. The van der Waals surface area contributed by atoms with Gasteiger partial charge in [-0.2, -0.15) is 0 Å². The Balaban J connectivity index is 2.66. The smallest absolute Gasteiger partial charge is 0.270 e. The van der Waals surface area contributed by atoms with Gasteiger partial charge in [-0.15, -0.1) is 0 Å². The molecule has 1 heterocycles. The molecule has 2 atom stereocenters. The lowest BCUT2D eigenvalue weighted by Crippen LogP contribution is -2.15. The maximum Gasteiger partial charge on any atom is 0.270 e. The number of nitrogens with zero attached hydrogens (tertiary/aromatic N) is 3. The molecule has 0 spiro atoms. The van der Waals surface area contributed by atoms with Crippen molar-refractivity contribution in [1.82, 2.24) is 9.97 Å². The summed E-state index contributed by atoms with van der Waals surface area (Å²) >= 11 is 0. The van der Waals surface area contributed by atoms with Crippen molar-refractivity contribution in [2.75, 3.05) is 0 Å². The molecule has 6 heteroatoms. The van der Waals surface area contributed by atoms with Crippen LogP contribution in [0.2, 0.25) is 0 Å². The number of aliphatic hydroxyl groups excluding tert-OH is 1. The Labute approximate surface area is 110 Å². The first-order chi connectivity index (χ1) is 9.04. The number of non-ortho nitro benzene ring substituents is 1. The number of nitro benzene ring substituents is 1. The lowest BCUT2D eigenvalue weighted by molar-refractivity contribution is -0.384. The number of aliphatic hydroxyl groups is 1. The summed E-state index contributed by atoms with van der Waals surface area (Å²) < 4.78 is 0. The molecule has 0 saturated heterocycles. The van der Waals surface area contributed by atoms with Crippen molar-refractivity contribution in [2.45, 2.75) is 32.3 Å². The van der Waals surface area contributed by atoms with Gasteiger partial charge in [-0.1, -0.05) is 6.92 Å². The van der Waals surface area contributed by atoms with Crippen LogP contribution in [0.25, 0.3) is 10.9 Å². The molecule has 0 aliphatic heterocycles. The zero-order valence-electron chi connectivity index (χ0n) is 10.8. The summed E-state index contributed by atoms with van der Waals surface area (Å²) in [5.41, 5.74) is 1.31. The van der Waals surface area contributed by atoms with E-state index in [-0.39, 0.29) is 11.6 Å². The lowest BCUT2D eigenvalue weighted by Gasteiger charge is -2.18. The second-order valence-electron chi connectivity index (χ2n) is 4.47. The quantitative estimate of drug-likeness (QED) is 0.674. The monoisotopic (exact) mass is 261 g/mol. The summed E-state index contributed by atoms with van der Waals surface area (Å²) in [7, 11) is 0. The highest BCUT2D eigenvalue weighted by Crippen LogP contribution is 2.29. The van der Waals surface area contributed by atoms with Gasteiger partial charge in [-0.05, 0) is 19.4 Å². The zero-order chi connectivity index (χ0) is 14.0. The summed E-state index contributed by atoms with van der Waals surface area (Å²) in [6, 6.07) is 4.49. The Morgan fingerprint density at radius 1 is 1.42 bits per heavy atom. The van der Waals surface area contributed by atoms with Gasteiger partial charge < -0.3 is 5.11 Å². The first kappa shape index (κ1) is 13.4. The van der Waals surface area contributed by atoms with Crippen LogP contribution >= 0.6 is 0 Å². The van der Waals surface area contributed by atoms with Crippen molar-refractivity contribution in [3.8, 4) is 0 Å². The summed E-state index contributed by atoms with van der Waals surface area (Å²) in [6.45, 7) is 3.64. The Morgan fingerprint density at radius 2 is 2.16 bits per heavy atom. The van der Waals surface area contributed by atoms with Crippen LogP contribution in [0.5, 0.6) is 0 Å². The van der Waals surface area contributed by atoms with Crippen LogP contribution in [-0.2, 0) is 0 Å². The Bertz CT molecular complexity index is 613. The van der Waals surface area contributed by atoms with Gasteiger partial charge in [0.2, 0.25) is 0 Å². The van der Waals surface area contributed by atoms with Crippen molar-refractivity contribution in [3.63, 3.8) is 0 Å². The van der Waals surface area contributed by atoms with Crippen molar-refractivity contribution in [1.29, 1.82) is 0 Å². The van der Waals surface area contributed by atoms with Gasteiger partial charge in [0.15, 0.2) is 0 Å². The van der Waals surface area contributed by atoms with E-state index < -0.39 is 11.0 Å². The van der Waals surface area contributed by atoms with E-state index in [1.165, 1.54) is 18.5 Å². The summed E-state index contributed by atoms with van der Waals surface area (Å²) in [6.07, 6.45) is 1.56. The third-order valence-electron chi connectivity index (χ3n) is 3.23. The molecule has 0 fully saturated rings. The number of rotatable bonds is 4. The lowest BCUT2D eigenvalue weighted by atomic mass is 9.93. The van der Waals surface area contributed by atoms with Crippen LogP contribution in [-0.4, -0.2) is 26.1 Å². The molecule has 0 aliphatic carbocycles. The van der Waals surface area contributed by atoms with E-state index in [1.807, 2.05) is 6.92 Å². The van der Waals surface area contributed by atoms with Gasteiger partial charge in [0.25, 0.3) is 5.69 Å². The molecule has 2 unspecified atom stereocenters. The molecule has 19 heavy (non-hydrogen) atoms. The van der Waals surface area contributed by atoms with Crippen LogP contribution < -0.4 is 0 Å². The molecule has 0 aliphatic rings. The normalized spacial score (nSPS) is 14.3. The molecule has 0 amide bonds. The van der Waals surface area contributed by atoms with E-state index in [0.717, 1.165) is 0 Å². The number of fused-ring (bicyclic) bond motifs is 1. The van der Waals surface area contributed by atoms with Crippen LogP contribution in [0, 0.1) is 10.1 Å². The van der Waals surface area contributed by atoms with Gasteiger partial charge in [0.1, 0.15) is 6.33 Å². The van der Waals surface area contributed by atoms with E-state index in [9.17, 15) is 15.2 Å². The van der Waals surface area contributed by atoms with Crippen LogP contribution in [0.4, 0.5) is 5.69 Å². The second-order valence-corrected chi connectivity index (χ2v) is 4.47. The maximum atomic E-state index is 10.8. The van der Waals surface area contributed by atoms with E-state index in [2.05, 4.69) is 9.97 Å². The molecule has 100 valence electrons. The Hall–Kier alpha value is -2.08. The Morgan fingerprint density at radius 3 is 2.74 bits per heavy atom. The molecule has 2 aromatic rings. The highest BCUT2D eigenvalue weighted by atomic mass is 16.6. The average Bonchev–Trinajstić information content (AvgIpc) is 2.38. The topological polar surface area (TPSA) is 89.2 Å². The predicted octanol–water partition coefficient (Wildman–Crippen LogP) is 2.41. The van der Waals surface area contributed by atoms with E-state index in [0.29, 0.717) is 23.0 Å². The number of aromatic nitrogens is 2. The minimum Gasteiger partial charge on any atom is -0.393 e. The van der Waals surface area contributed by atoms with Crippen LogP contribution in [0.1, 0.15) is 31.9 Å². The van der Waals surface area contributed by atoms with Crippen molar-refractivity contribution >= 4 is 16.6 Å². The van der Waals surface area contributed by atoms with E-state index in [4.69, 9.17) is 0 Å². The summed E-state index contributed by atoms with van der Waals surface area (Å²) in [5, 5.41) is 21.3. The molecule has 1 N–H and O–H groups in total. The maximum absolute atomic E-state index is 10.8. The fraction of sp³-hybridized carbons (Fsp3) is 0.385. The van der Waals surface area contributed by atoms with Gasteiger partial charge in [0, 0.05) is 23.4 Å². The van der Waals surface area contributed by atoms with Gasteiger partial charge in [-0.25, -0.2) is 9.97 Å². The van der Waals surface area contributed by atoms with Gasteiger partial charge in [0.05, 0.1) is 22.2 Å². The highest BCUT2D eigenvalue weighted by molar-refractivity contribution is 5.83. The van der Waals surface area contributed by atoms with Crippen molar-refractivity contribution < 1.29 is 10.0 Å². The predicted molar refractivity (Wildman–Crippen MR) is 70.9 cm³/mol. The fourth-order valence-electron chi connectivity index (χ4n) is 2.24. The third-order valence-corrected chi connectivity index (χ3v) is 3.23. The molecule has 1 aromatic heterocycles. The number of nitro groups is 1. The van der Waals surface area contributed by atoms with E-state index in [1.54, 1.807) is 13.0 Å². The van der Waals surface area contributed by atoms with Crippen molar-refractivity contribution in [3.05, 3.63) is 40.3 Å². The SMILES string of the molecule is CCC(c1ncnc2ccc([N+](=O)[O-])cc12)C(C)O. The average molecular weight is 261 g/mol. The molecular weight excluding hydrogens is 246 g/mol. The van der Waals surface area contributed by atoms with Gasteiger partial charge in [-0.3, -0.25) is 10.1 Å². The molecule has 0 radical (unpaired) electrons. The first-order valence-electron chi connectivity index (χ1n) is 6.11. The summed E-state index contributed by atoms with van der Waals surface area (Å²) in [4.78, 5) is 18.7. The molecule has 6 nitrogen and oxygen atoms in total. The van der Waals surface area contributed by atoms with E-state index >= 15 is 0 Å². The Kier molecular flexibility index (Phi) is 3.71. The third kappa shape index (κ3) is 2.53. The van der Waals surface area contributed by atoms with Crippen molar-refractivity contribution in [2.24, 2.45) is 0 Å². The summed E-state index contributed by atoms with van der Waals surface area (Å²) in [5.74, 6) is -0.160.